The van der Waals surface area contributed by atoms with Crippen molar-refractivity contribution in [1.82, 2.24) is 5.32 Å². The molecule has 0 saturated carbocycles. The highest BCUT2D eigenvalue weighted by molar-refractivity contribution is 5.80. The summed E-state index contributed by atoms with van der Waals surface area (Å²) in [7, 11) is 1.48. The van der Waals surface area contributed by atoms with Crippen LogP contribution in [0.1, 0.15) is 12.5 Å². The SMILES string of the molecule is COc1ccc(CC(CO)CNC(=O)C(C)N)cc1O. The summed E-state index contributed by atoms with van der Waals surface area (Å²) in [6.07, 6.45) is 0.535. The van der Waals surface area contributed by atoms with Gasteiger partial charge in [0, 0.05) is 19.1 Å². The number of nitrogens with two attached hydrogens (primary N) is 1. The topological polar surface area (TPSA) is 105 Å². The third kappa shape index (κ3) is 4.71. The van der Waals surface area contributed by atoms with Crippen molar-refractivity contribution in [2.45, 2.75) is 19.4 Å². The zero-order valence-electron chi connectivity index (χ0n) is 11.8. The molecule has 1 rings (SSSR count). The number of phenols is 1. The van der Waals surface area contributed by atoms with E-state index in [1.165, 1.54) is 7.11 Å². The number of aromatic hydroxyl groups is 1. The molecule has 0 aliphatic heterocycles. The van der Waals surface area contributed by atoms with Crippen molar-refractivity contribution in [3.8, 4) is 11.5 Å². The summed E-state index contributed by atoms with van der Waals surface area (Å²) in [5, 5.41) is 21.7. The molecule has 0 spiro atoms. The van der Waals surface area contributed by atoms with Gasteiger partial charge in [-0.2, -0.15) is 0 Å². The van der Waals surface area contributed by atoms with E-state index in [0.717, 1.165) is 5.56 Å². The fourth-order valence-corrected chi connectivity index (χ4v) is 1.80. The minimum atomic E-state index is -0.570. The molecule has 20 heavy (non-hydrogen) atoms. The van der Waals surface area contributed by atoms with Gasteiger partial charge in [0.1, 0.15) is 0 Å². The highest BCUT2D eigenvalue weighted by atomic mass is 16.5. The second-order valence-electron chi connectivity index (χ2n) is 4.79. The van der Waals surface area contributed by atoms with Crippen LogP contribution in [0.15, 0.2) is 18.2 Å². The summed E-state index contributed by atoms with van der Waals surface area (Å²) in [5.74, 6) is 0.0763. The number of rotatable bonds is 7. The Kier molecular flexibility index (Phi) is 6.27. The number of phenolic OH excluding ortho intramolecular Hbond substituents is 1. The second kappa shape index (κ2) is 7.72. The molecule has 0 radical (unpaired) electrons. The van der Waals surface area contributed by atoms with E-state index in [2.05, 4.69) is 5.32 Å². The second-order valence-corrected chi connectivity index (χ2v) is 4.79. The van der Waals surface area contributed by atoms with Gasteiger partial charge in [0.25, 0.3) is 0 Å². The number of benzene rings is 1. The highest BCUT2D eigenvalue weighted by Gasteiger charge is 2.13. The van der Waals surface area contributed by atoms with Crippen LogP contribution in [0, 0.1) is 5.92 Å². The predicted molar refractivity (Wildman–Crippen MR) is 75.6 cm³/mol. The van der Waals surface area contributed by atoms with Gasteiger partial charge in [0.05, 0.1) is 13.2 Å². The highest BCUT2D eigenvalue weighted by Crippen LogP contribution is 2.27. The summed E-state index contributed by atoms with van der Waals surface area (Å²) in [6, 6.07) is 4.50. The van der Waals surface area contributed by atoms with Gasteiger partial charge in [-0.25, -0.2) is 0 Å². The average molecular weight is 282 g/mol. The molecule has 1 aromatic rings. The van der Waals surface area contributed by atoms with E-state index >= 15 is 0 Å². The van der Waals surface area contributed by atoms with Crippen LogP contribution in [-0.2, 0) is 11.2 Å². The number of aliphatic hydroxyl groups excluding tert-OH is 1. The number of methoxy groups -OCH3 is 1. The molecular formula is C14H22N2O4. The van der Waals surface area contributed by atoms with Gasteiger partial charge in [-0.15, -0.1) is 0 Å². The Hall–Kier alpha value is -1.79. The van der Waals surface area contributed by atoms with Crippen molar-refractivity contribution in [2.24, 2.45) is 11.7 Å². The molecule has 1 aromatic carbocycles. The number of carbonyl (C=O) groups is 1. The number of nitrogens with one attached hydrogen (secondary N) is 1. The van der Waals surface area contributed by atoms with E-state index in [4.69, 9.17) is 10.5 Å². The molecule has 0 heterocycles. The van der Waals surface area contributed by atoms with Crippen molar-refractivity contribution in [3.63, 3.8) is 0 Å². The van der Waals surface area contributed by atoms with Gasteiger partial charge >= 0.3 is 0 Å². The van der Waals surface area contributed by atoms with Gasteiger partial charge in [0.15, 0.2) is 11.5 Å². The number of ether oxygens (including phenoxy) is 1. The molecule has 0 saturated heterocycles. The lowest BCUT2D eigenvalue weighted by Gasteiger charge is -2.16. The summed E-state index contributed by atoms with van der Waals surface area (Å²) in [6.45, 7) is 1.88. The summed E-state index contributed by atoms with van der Waals surface area (Å²) >= 11 is 0. The number of carbonyl (C=O) groups excluding carboxylic acids is 1. The van der Waals surface area contributed by atoms with Gasteiger partial charge in [-0.05, 0) is 31.0 Å². The van der Waals surface area contributed by atoms with Crippen LogP contribution in [0.25, 0.3) is 0 Å². The maximum Gasteiger partial charge on any atom is 0.236 e. The lowest BCUT2D eigenvalue weighted by Crippen LogP contribution is -2.41. The van der Waals surface area contributed by atoms with Crippen molar-refractivity contribution >= 4 is 5.91 Å². The van der Waals surface area contributed by atoms with E-state index in [1.54, 1.807) is 19.1 Å². The molecular weight excluding hydrogens is 260 g/mol. The smallest absolute Gasteiger partial charge is 0.236 e. The predicted octanol–water partition coefficient (Wildman–Crippen LogP) is 0.0152. The molecule has 0 bridgehead atoms. The Labute approximate surface area is 118 Å². The van der Waals surface area contributed by atoms with Crippen LogP contribution < -0.4 is 15.8 Å². The third-order valence-electron chi connectivity index (χ3n) is 3.00. The number of aliphatic hydroxyl groups is 1. The van der Waals surface area contributed by atoms with Crippen molar-refractivity contribution in [2.75, 3.05) is 20.3 Å². The molecule has 112 valence electrons. The van der Waals surface area contributed by atoms with Gasteiger partial charge in [-0.3, -0.25) is 4.79 Å². The van der Waals surface area contributed by atoms with Crippen LogP contribution in [0.5, 0.6) is 11.5 Å². The van der Waals surface area contributed by atoms with E-state index in [9.17, 15) is 15.0 Å². The Balaban J connectivity index is 2.60. The molecule has 6 heteroatoms. The molecule has 0 aromatic heterocycles. The molecule has 5 N–H and O–H groups in total. The molecule has 2 atom stereocenters. The zero-order valence-corrected chi connectivity index (χ0v) is 11.8. The van der Waals surface area contributed by atoms with Gasteiger partial charge in [-0.1, -0.05) is 6.07 Å². The van der Waals surface area contributed by atoms with Gasteiger partial charge < -0.3 is 26.0 Å². The first-order chi connectivity index (χ1) is 9.47. The molecule has 0 aliphatic rings. The summed E-state index contributed by atoms with van der Waals surface area (Å²) in [4.78, 5) is 11.4. The quantitative estimate of drug-likeness (QED) is 0.564. The fourth-order valence-electron chi connectivity index (χ4n) is 1.80. The number of amides is 1. The molecule has 0 fully saturated rings. The Morgan fingerprint density at radius 2 is 2.20 bits per heavy atom. The van der Waals surface area contributed by atoms with Crippen LogP contribution in [-0.4, -0.2) is 42.4 Å². The number of hydrogen-bond donors (Lipinski definition) is 4. The Bertz CT molecular complexity index is 449. The van der Waals surface area contributed by atoms with Gasteiger partial charge in [0.2, 0.25) is 5.91 Å². The first-order valence-corrected chi connectivity index (χ1v) is 6.48. The van der Waals surface area contributed by atoms with E-state index in [1.807, 2.05) is 6.07 Å². The Morgan fingerprint density at radius 3 is 2.70 bits per heavy atom. The maximum absolute atomic E-state index is 11.4. The van der Waals surface area contributed by atoms with Crippen molar-refractivity contribution < 1.29 is 19.7 Å². The largest absolute Gasteiger partial charge is 0.504 e. The maximum atomic E-state index is 11.4. The monoisotopic (exact) mass is 282 g/mol. The molecule has 6 nitrogen and oxygen atoms in total. The minimum absolute atomic E-state index is 0.0568. The first kappa shape index (κ1) is 16.3. The summed E-state index contributed by atoms with van der Waals surface area (Å²) in [5.41, 5.74) is 6.31. The zero-order chi connectivity index (χ0) is 15.1. The van der Waals surface area contributed by atoms with E-state index in [-0.39, 0.29) is 24.2 Å². The van der Waals surface area contributed by atoms with Crippen molar-refractivity contribution in [3.05, 3.63) is 23.8 Å². The standard InChI is InChI=1S/C14H22N2O4/c1-9(15)14(19)16-7-11(8-17)5-10-3-4-13(20-2)12(18)6-10/h3-4,6,9,11,17-18H,5,7-8,15H2,1-2H3,(H,16,19). The molecule has 1 amide bonds. The van der Waals surface area contributed by atoms with Crippen LogP contribution in [0.2, 0.25) is 0 Å². The molecule has 2 unspecified atom stereocenters. The Morgan fingerprint density at radius 1 is 1.50 bits per heavy atom. The minimum Gasteiger partial charge on any atom is -0.504 e. The van der Waals surface area contributed by atoms with Crippen LogP contribution in [0.3, 0.4) is 0 Å². The first-order valence-electron chi connectivity index (χ1n) is 6.48. The third-order valence-corrected chi connectivity index (χ3v) is 3.00. The lowest BCUT2D eigenvalue weighted by molar-refractivity contribution is -0.122. The molecule has 0 aliphatic carbocycles. The van der Waals surface area contributed by atoms with Crippen LogP contribution >= 0.6 is 0 Å². The lowest BCUT2D eigenvalue weighted by atomic mass is 9.99. The normalized spacial score (nSPS) is 13.6. The fraction of sp³-hybridized carbons (Fsp3) is 0.500. The number of hydrogen-bond acceptors (Lipinski definition) is 5. The van der Waals surface area contributed by atoms with Crippen LogP contribution in [0.4, 0.5) is 0 Å². The summed E-state index contributed by atoms with van der Waals surface area (Å²) < 4.78 is 4.97. The average Bonchev–Trinajstić information content (AvgIpc) is 2.43. The van der Waals surface area contributed by atoms with E-state index < -0.39 is 6.04 Å². The van der Waals surface area contributed by atoms with E-state index in [0.29, 0.717) is 18.7 Å². The van der Waals surface area contributed by atoms with Crippen molar-refractivity contribution in [1.29, 1.82) is 0 Å².